The Labute approximate surface area is 119 Å². The minimum absolute atomic E-state index is 0.111. The van der Waals surface area contributed by atoms with E-state index in [-0.39, 0.29) is 11.5 Å². The number of aromatic nitrogens is 1. The number of amides is 1. The molecule has 1 fully saturated rings. The van der Waals surface area contributed by atoms with Gasteiger partial charge < -0.3 is 15.3 Å². The Morgan fingerprint density at radius 2 is 2.38 bits per heavy atom. The molecule has 0 radical (unpaired) electrons. The molecule has 9 heteroatoms. The van der Waals surface area contributed by atoms with Crippen molar-refractivity contribution in [3.8, 4) is 0 Å². The molecule has 1 aromatic rings. The van der Waals surface area contributed by atoms with Crippen molar-refractivity contribution < 1.29 is 19.6 Å². The average molecular weight is 294 g/mol. The zero-order valence-electron chi connectivity index (χ0n) is 11.3. The molecule has 1 aromatic heterocycles. The lowest BCUT2D eigenvalue weighted by Gasteiger charge is -2.35. The number of rotatable bonds is 4. The number of carbonyl (C=O) groups is 2. The van der Waals surface area contributed by atoms with E-state index in [1.807, 2.05) is 0 Å². The minimum Gasteiger partial charge on any atom is -0.481 e. The van der Waals surface area contributed by atoms with Crippen LogP contribution in [0.1, 0.15) is 12.0 Å². The summed E-state index contributed by atoms with van der Waals surface area (Å²) in [4.78, 5) is 38.7. The van der Waals surface area contributed by atoms with Crippen molar-refractivity contribution >= 4 is 23.4 Å². The highest BCUT2D eigenvalue weighted by atomic mass is 16.6. The van der Waals surface area contributed by atoms with Gasteiger partial charge in [0.2, 0.25) is 5.91 Å². The number of pyridine rings is 1. The quantitative estimate of drug-likeness (QED) is 0.594. The average Bonchev–Trinajstić information content (AvgIpc) is 2.41. The second kappa shape index (κ2) is 5.73. The molecule has 2 heterocycles. The van der Waals surface area contributed by atoms with Crippen molar-refractivity contribution in [2.45, 2.75) is 19.4 Å². The van der Waals surface area contributed by atoms with Gasteiger partial charge in [-0.3, -0.25) is 19.7 Å². The van der Waals surface area contributed by atoms with Gasteiger partial charge in [-0.1, -0.05) is 0 Å². The number of hydrogen-bond donors (Lipinski definition) is 2. The third-order valence-electron chi connectivity index (χ3n) is 3.25. The standard InChI is InChI=1S/C12H14N4O5/c1-7-6-14-10(4-8(7)16(20)21)15-3-2-13-12(19)9(15)5-11(17)18/h4,6,9H,2-3,5H2,1H3,(H,13,19)(H,17,18). The summed E-state index contributed by atoms with van der Waals surface area (Å²) in [6, 6.07) is 0.342. The largest absolute Gasteiger partial charge is 0.481 e. The van der Waals surface area contributed by atoms with Gasteiger partial charge in [0.1, 0.15) is 11.9 Å². The summed E-state index contributed by atoms with van der Waals surface area (Å²) in [5, 5.41) is 22.4. The Kier molecular flexibility index (Phi) is 4.01. The van der Waals surface area contributed by atoms with E-state index in [1.165, 1.54) is 17.2 Å². The third-order valence-corrected chi connectivity index (χ3v) is 3.25. The smallest absolute Gasteiger partial charge is 0.305 e. The van der Waals surface area contributed by atoms with Crippen LogP contribution < -0.4 is 10.2 Å². The fraction of sp³-hybridized carbons (Fsp3) is 0.417. The van der Waals surface area contributed by atoms with E-state index in [2.05, 4.69) is 10.3 Å². The summed E-state index contributed by atoms with van der Waals surface area (Å²) >= 11 is 0. The molecule has 1 amide bonds. The van der Waals surface area contributed by atoms with Gasteiger partial charge in [-0.25, -0.2) is 4.98 Å². The van der Waals surface area contributed by atoms with Gasteiger partial charge >= 0.3 is 5.97 Å². The lowest BCUT2D eigenvalue weighted by atomic mass is 10.1. The van der Waals surface area contributed by atoms with Crippen molar-refractivity contribution in [1.82, 2.24) is 10.3 Å². The first-order valence-electron chi connectivity index (χ1n) is 6.27. The summed E-state index contributed by atoms with van der Waals surface area (Å²) in [6.45, 7) is 2.24. The fourth-order valence-corrected chi connectivity index (χ4v) is 2.21. The number of carboxylic acids is 1. The molecule has 2 N–H and O–H groups in total. The van der Waals surface area contributed by atoms with E-state index in [1.54, 1.807) is 6.92 Å². The molecule has 9 nitrogen and oxygen atoms in total. The van der Waals surface area contributed by atoms with Crippen molar-refractivity contribution in [3.05, 3.63) is 27.9 Å². The molecule has 0 bridgehead atoms. The molecule has 1 aliphatic heterocycles. The summed E-state index contributed by atoms with van der Waals surface area (Å²) in [5.41, 5.74) is 0.292. The Morgan fingerprint density at radius 3 is 3.00 bits per heavy atom. The van der Waals surface area contributed by atoms with Crippen molar-refractivity contribution in [2.24, 2.45) is 0 Å². The van der Waals surface area contributed by atoms with E-state index < -0.39 is 29.3 Å². The Balaban J connectivity index is 2.37. The van der Waals surface area contributed by atoms with E-state index in [4.69, 9.17) is 5.11 Å². The number of carbonyl (C=O) groups excluding carboxylic acids is 1. The van der Waals surface area contributed by atoms with E-state index in [0.717, 1.165) is 0 Å². The number of piperazine rings is 1. The molecule has 0 aromatic carbocycles. The number of anilines is 1. The van der Waals surface area contributed by atoms with Crippen LogP contribution in [0.5, 0.6) is 0 Å². The lowest BCUT2D eigenvalue weighted by Crippen LogP contribution is -2.56. The predicted molar refractivity (Wildman–Crippen MR) is 72.0 cm³/mol. The highest BCUT2D eigenvalue weighted by Crippen LogP contribution is 2.25. The van der Waals surface area contributed by atoms with Crippen LogP contribution in [0, 0.1) is 17.0 Å². The number of aryl methyl sites for hydroxylation is 1. The predicted octanol–water partition coefficient (Wildman–Crippen LogP) is 0.0777. The highest BCUT2D eigenvalue weighted by molar-refractivity contribution is 5.90. The van der Waals surface area contributed by atoms with Crippen LogP contribution in [-0.2, 0) is 9.59 Å². The molecule has 1 saturated heterocycles. The van der Waals surface area contributed by atoms with Gasteiger partial charge in [0.05, 0.1) is 17.4 Å². The van der Waals surface area contributed by atoms with Crippen LogP contribution in [0.3, 0.4) is 0 Å². The van der Waals surface area contributed by atoms with Crippen molar-refractivity contribution in [3.63, 3.8) is 0 Å². The second-order valence-electron chi connectivity index (χ2n) is 4.68. The summed E-state index contributed by atoms with van der Waals surface area (Å²) in [5.74, 6) is -1.31. The van der Waals surface area contributed by atoms with Crippen molar-refractivity contribution in [1.29, 1.82) is 0 Å². The van der Waals surface area contributed by atoms with Crippen LogP contribution in [0.4, 0.5) is 11.5 Å². The normalized spacial score (nSPS) is 18.2. The molecule has 1 aliphatic rings. The van der Waals surface area contributed by atoms with Crippen LogP contribution in [0.2, 0.25) is 0 Å². The Morgan fingerprint density at radius 1 is 1.67 bits per heavy atom. The first kappa shape index (κ1) is 14.7. The number of aliphatic carboxylic acids is 1. The number of nitrogens with zero attached hydrogens (tertiary/aromatic N) is 3. The highest BCUT2D eigenvalue weighted by Gasteiger charge is 2.33. The zero-order valence-corrected chi connectivity index (χ0v) is 11.3. The maximum Gasteiger partial charge on any atom is 0.305 e. The Hall–Kier alpha value is -2.71. The first-order valence-corrected chi connectivity index (χ1v) is 6.27. The van der Waals surface area contributed by atoms with Gasteiger partial charge in [-0.15, -0.1) is 0 Å². The molecule has 0 spiro atoms. The van der Waals surface area contributed by atoms with Gasteiger partial charge in [-0.2, -0.15) is 0 Å². The summed E-state index contributed by atoms with van der Waals surface area (Å²) in [6.07, 6.45) is 0.951. The molecule has 21 heavy (non-hydrogen) atoms. The SMILES string of the molecule is Cc1cnc(N2CCNC(=O)C2CC(=O)O)cc1[N+](=O)[O-]. The number of nitrogens with one attached hydrogen (secondary N) is 1. The van der Waals surface area contributed by atoms with Gasteiger partial charge in [-0.05, 0) is 6.92 Å². The number of hydrogen-bond acceptors (Lipinski definition) is 6. The molecule has 0 saturated carbocycles. The minimum atomic E-state index is -1.12. The third kappa shape index (κ3) is 3.07. The molecule has 112 valence electrons. The fourth-order valence-electron chi connectivity index (χ4n) is 2.21. The van der Waals surface area contributed by atoms with E-state index in [9.17, 15) is 19.7 Å². The number of carboxylic acid groups (broad SMARTS) is 1. The van der Waals surface area contributed by atoms with Gasteiger partial charge in [0.15, 0.2) is 0 Å². The first-order chi connectivity index (χ1) is 9.90. The monoisotopic (exact) mass is 294 g/mol. The van der Waals surface area contributed by atoms with Crippen LogP contribution in [0.25, 0.3) is 0 Å². The number of nitro groups is 1. The molecule has 2 rings (SSSR count). The zero-order chi connectivity index (χ0) is 15.6. The maximum atomic E-state index is 11.8. The topological polar surface area (TPSA) is 126 Å². The molecular weight excluding hydrogens is 280 g/mol. The van der Waals surface area contributed by atoms with Crippen LogP contribution >= 0.6 is 0 Å². The summed E-state index contributed by atoms with van der Waals surface area (Å²) < 4.78 is 0. The van der Waals surface area contributed by atoms with Gasteiger partial charge in [0, 0.05) is 24.8 Å². The molecule has 1 atom stereocenters. The lowest BCUT2D eigenvalue weighted by molar-refractivity contribution is -0.385. The van der Waals surface area contributed by atoms with Crippen LogP contribution in [-0.4, -0.2) is 46.0 Å². The van der Waals surface area contributed by atoms with E-state index in [0.29, 0.717) is 18.7 Å². The molecule has 1 unspecified atom stereocenters. The molecular formula is C12H14N4O5. The van der Waals surface area contributed by atoms with E-state index >= 15 is 0 Å². The summed E-state index contributed by atoms with van der Waals surface area (Å²) in [7, 11) is 0. The Bertz CT molecular complexity index is 603. The maximum absolute atomic E-state index is 11.8. The van der Waals surface area contributed by atoms with Crippen LogP contribution in [0.15, 0.2) is 12.3 Å². The second-order valence-corrected chi connectivity index (χ2v) is 4.68. The van der Waals surface area contributed by atoms with Gasteiger partial charge in [0.25, 0.3) is 5.69 Å². The van der Waals surface area contributed by atoms with Crippen molar-refractivity contribution in [2.75, 3.05) is 18.0 Å². The molecule has 0 aliphatic carbocycles.